The van der Waals surface area contributed by atoms with E-state index in [1.807, 2.05) is 0 Å². The Morgan fingerprint density at radius 3 is 2.50 bits per heavy atom. The van der Waals surface area contributed by atoms with E-state index in [0.717, 1.165) is 0 Å². The van der Waals surface area contributed by atoms with Gasteiger partial charge in [-0.1, -0.05) is 30.3 Å². The molecule has 1 aromatic carbocycles. The first-order valence-electron chi connectivity index (χ1n) is 5.74. The lowest BCUT2D eigenvalue weighted by Gasteiger charge is -2.05. The number of ether oxygens (including phenoxy) is 1. The van der Waals surface area contributed by atoms with Crippen molar-refractivity contribution in [1.29, 1.82) is 0 Å². The summed E-state index contributed by atoms with van der Waals surface area (Å²) in [5.41, 5.74) is -0.151. The highest BCUT2D eigenvalue weighted by atomic mass is 32.1. The van der Waals surface area contributed by atoms with Gasteiger partial charge in [0.2, 0.25) is 0 Å². The van der Waals surface area contributed by atoms with E-state index in [1.165, 1.54) is 6.92 Å². The summed E-state index contributed by atoms with van der Waals surface area (Å²) in [5.74, 6) is -1.06. The van der Waals surface area contributed by atoms with Crippen molar-refractivity contribution in [3.8, 4) is 10.6 Å². The van der Waals surface area contributed by atoms with Crippen molar-refractivity contribution in [3.63, 3.8) is 0 Å². The number of halogens is 3. The summed E-state index contributed by atoms with van der Waals surface area (Å²) in [6, 6.07) is 8.39. The number of hydrogen-bond acceptors (Lipinski definition) is 4. The zero-order valence-corrected chi connectivity index (χ0v) is 11.2. The molecule has 0 fully saturated rings. The van der Waals surface area contributed by atoms with Crippen LogP contribution in [0.2, 0.25) is 0 Å². The molecule has 0 atom stereocenters. The summed E-state index contributed by atoms with van der Waals surface area (Å²) in [6.45, 7) is 1.52. The molecule has 0 bridgehead atoms. The Balaban J connectivity index is 2.50. The Hall–Kier alpha value is -1.89. The van der Waals surface area contributed by atoms with Gasteiger partial charge in [0.25, 0.3) is 0 Å². The lowest BCUT2D eigenvalue weighted by Crippen LogP contribution is -2.13. The van der Waals surface area contributed by atoms with E-state index in [1.54, 1.807) is 30.3 Å². The van der Waals surface area contributed by atoms with Crippen molar-refractivity contribution in [2.24, 2.45) is 0 Å². The van der Waals surface area contributed by atoms with Gasteiger partial charge in [0.1, 0.15) is 9.88 Å². The largest absolute Gasteiger partial charge is 0.461 e. The minimum atomic E-state index is -4.63. The molecule has 0 aliphatic rings. The average molecular weight is 301 g/mol. The van der Waals surface area contributed by atoms with Crippen LogP contribution >= 0.6 is 11.3 Å². The third kappa shape index (κ3) is 2.98. The van der Waals surface area contributed by atoms with Crippen LogP contribution in [-0.2, 0) is 10.9 Å². The highest BCUT2D eigenvalue weighted by molar-refractivity contribution is 7.15. The van der Waals surface area contributed by atoms with Crippen LogP contribution in [0.15, 0.2) is 30.3 Å². The fourth-order valence-corrected chi connectivity index (χ4v) is 2.48. The molecule has 1 heterocycles. The smallest absolute Gasteiger partial charge is 0.428 e. The SMILES string of the molecule is CCOC(=O)c1nc(-c2ccccc2)sc1C(F)(F)F. The Bertz CT molecular complexity index is 608. The Morgan fingerprint density at radius 2 is 1.95 bits per heavy atom. The summed E-state index contributed by atoms with van der Waals surface area (Å²) in [7, 11) is 0. The number of benzene rings is 1. The first kappa shape index (κ1) is 14.5. The molecule has 7 heteroatoms. The zero-order chi connectivity index (χ0) is 14.8. The van der Waals surface area contributed by atoms with E-state index in [2.05, 4.69) is 9.72 Å². The van der Waals surface area contributed by atoms with Crippen molar-refractivity contribution in [2.45, 2.75) is 13.1 Å². The molecule has 0 saturated heterocycles. The van der Waals surface area contributed by atoms with E-state index in [4.69, 9.17) is 0 Å². The normalized spacial score (nSPS) is 11.4. The summed E-state index contributed by atoms with van der Waals surface area (Å²) in [4.78, 5) is 14.3. The third-order valence-corrected chi connectivity index (χ3v) is 3.52. The fraction of sp³-hybridized carbons (Fsp3) is 0.231. The molecular weight excluding hydrogens is 291 g/mol. The molecule has 3 nitrogen and oxygen atoms in total. The van der Waals surface area contributed by atoms with Crippen LogP contribution in [0, 0.1) is 0 Å². The van der Waals surface area contributed by atoms with Gasteiger partial charge in [0, 0.05) is 5.56 Å². The molecule has 106 valence electrons. The second-order valence-corrected chi connectivity index (χ2v) is 4.78. The van der Waals surface area contributed by atoms with E-state index in [-0.39, 0.29) is 11.6 Å². The number of thiazole rings is 1. The van der Waals surface area contributed by atoms with Gasteiger partial charge in [-0.3, -0.25) is 0 Å². The molecule has 0 aliphatic heterocycles. The first-order valence-corrected chi connectivity index (χ1v) is 6.55. The molecule has 1 aromatic heterocycles. The minimum Gasteiger partial charge on any atom is -0.461 e. The van der Waals surface area contributed by atoms with Crippen LogP contribution in [0.1, 0.15) is 22.3 Å². The summed E-state index contributed by atoms with van der Waals surface area (Å²) in [6.07, 6.45) is -4.63. The topological polar surface area (TPSA) is 39.2 Å². The van der Waals surface area contributed by atoms with Gasteiger partial charge in [-0.05, 0) is 6.92 Å². The minimum absolute atomic E-state index is 0.00563. The van der Waals surface area contributed by atoms with Crippen LogP contribution in [0.5, 0.6) is 0 Å². The van der Waals surface area contributed by atoms with Gasteiger partial charge in [-0.2, -0.15) is 13.2 Å². The highest BCUT2D eigenvalue weighted by Crippen LogP contribution is 2.39. The number of nitrogens with zero attached hydrogens (tertiary/aromatic N) is 1. The van der Waals surface area contributed by atoms with Crippen LogP contribution in [0.4, 0.5) is 13.2 Å². The number of rotatable bonds is 3. The maximum atomic E-state index is 12.9. The quantitative estimate of drug-likeness (QED) is 0.804. The predicted octanol–water partition coefficient (Wildman–Crippen LogP) is 4.01. The molecule has 0 N–H and O–H groups in total. The van der Waals surface area contributed by atoms with Gasteiger partial charge < -0.3 is 4.74 Å². The van der Waals surface area contributed by atoms with E-state index < -0.39 is 22.7 Å². The summed E-state index contributed by atoms with van der Waals surface area (Å²) < 4.78 is 43.4. The van der Waals surface area contributed by atoms with Crippen molar-refractivity contribution in [3.05, 3.63) is 40.9 Å². The van der Waals surface area contributed by atoms with Gasteiger partial charge >= 0.3 is 12.1 Å². The van der Waals surface area contributed by atoms with Crippen molar-refractivity contribution in [1.82, 2.24) is 4.98 Å². The molecule has 20 heavy (non-hydrogen) atoms. The number of alkyl halides is 3. The molecule has 0 amide bonds. The van der Waals surface area contributed by atoms with Crippen LogP contribution in [-0.4, -0.2) is 17.6 Å². The van der Waals surface area contributed by atoms with E-state index in [9.17, 15) is 18.0 Å². The third-order valence-electron chi connectivity index (χ3n) is 2.37. The average Bonchev–Trinajstić information content (AvgIpc) is 2.85. The van der Waals surface area contributed by atoms with Gasteiger partial charge in [0.15, 0.2) is 5.69 Å². The lowest BCUT2D eigenvalue weighted by molar-refractivity contribution is -0.135. The van der Waals surface area contributed by atoms with Crippen LogP contribution < -0.4 is 0 Å². The molecule has 0 saturated carbocycles. The number of aromatic nitrogens is 1. The second kappa shape index (κ2) is 5.62. The molecule has 0 radical (unpaired) electrons. The summed E-state index contributed by atoms with van der Waals surface area (Å²) in [5, 5.41) is 0.140. The van der Waals surface area contributed by atoms with Gasteiger partial charge in [0.05, 0.1) is 6.61 Å². The maximum Gasteiger partial charge on any atom is 0.428 e. The van der Waals surface area contributed by atoms with Crippen LogP contribution in [0.25, 0.3) is 10.6 Å². The molecule has 2 rings (SSSR count). The Morgan fingerprint density at radius 1 is 1.30 bits per heavy atom. The Kier molecular flexibility index (Phi) is 4.08. The second-order valence-electron chi connectivity index (χ2n) is 3.78. The monoisotopic (exact) mass is 301 g/mol. The molecule has 0 spiro atoms. The zero-order valence-electron chi connectivity index (χ0n) is 10.4. The summed E-state index contributed by atoms with van der Waals surface area (Å²) >= 11 is 0.437. The van der Waals surface area contributed by atoms with E-state index >= 15 is 0 Å². The molecule has 0 unspecified atom stereocenters. The predicted molar refractivity (Wildman–Crippen MR) is 68.5 cm³/mol. The van der Waals surface area contributed by atoms with Crippen molar-refractivity contribution >= 4 is 17.3 Å². The lowest BCUT2D eigenvalue weighted by atomic mass is 10.2. The first-order chi connectivity index (χ1) is 9.43. The Labute approximate surface area is 117 Å². The van der Waals surface area contributed by atoms with E-state index in [0.29, 0.717) is 16.9 Å². The molecule has 2 aromatic rings. The molecular formula is C13H10F3NO2S. The number of esters is 1. The van der Waals surface area contributed by atoms with Crippen molar-refractivity contribution in [2.75, 3.05) is 6.61 Å². The number of carbonyl (C=O) groups is 1. The standard InChI is InChI=1S/C13H10F3NO2S/c1-2-19-12(18)9-10(13(14,15)16)20-11(17-9)8-6-4-3-5-7-8/h3-7H,2H2,1H3. The van der Waals surface area contributed by atoms with Crippen LogP contribution in [0.3, 0.4) is 0 Å². The van der Waals surface area contributed by atoms with Gasteiger partial charge in [-0.15, -0.1) is 11.3 Å². The number of carbonyl (C=O) groups excluding carboxylic acids is 1. The number of hydrogen-bond donors (Lipinski definition) is 0. The van der Waals surface area contributed by atoms with Crippen molar-refractivity contribution < 1.29 is 22.7 Å². The maximum absolute atomic E-state index is 12.9. The molecule has 0 aliphatic carbocycles. The fourth-order valence-electron chi connectivity index (χ4n) is 1.55. The highest BCUT2D eigenvalue weighted by Gasteiger charge is 2.39. The van der Waals surface area contributed by atoms with Gasteiger partial charge in [-0.25, -0.2) is 9.78 Å².